The summed E-state index contributed by atoms with van der Waals surface area (Å²) in [5, 5.41) is 12.4. The summed E-state index contributed by atoms with van der Waals surface area (Å²) in [4.78, 5) is 23.6. The lowest BCUT2D eigenvalue weighted by Crippen LogP contribution is -2.27. The van der Waals surface area contributed by atoms with E-state index in [1.54, 1.807) is 25.1 Å². The number of aliphatic carboxylic acids is 1. The molecule has 0 aliphatic carbocycles. The van der Waals surface area contributed by atoms with Gasteiger partial charge in [0.05, 0.1) is 12.3 Å². The number of rotatable bonds is 6. The van der Waals surface area contributed by atoms with E-state index in [4.69, 9.17) is 16.7 Å². The molecule has 4 nitrogen and oxygen atoms in total. The van der Waals surface area contributed by atoms with Gasteiger partial charge in [0.25, 0.3) is 0 Å². The maximum Gasteiger partial charge on any atom is 0.304 e. The molecule has 0 saturated heterocycles. The summed E-state index contributed by atoms with van der Waals surface area (Å²) in [6.07, 6.45) is 0.152. The number of nitrogens with one attached hydrogen (secondary N) is 1. The fourth-order valence-electron chi connectivity index (χ4n) is 2.34. The third kappa shape index (κ3) is 4.83. The summed E-state index contributed by atoms with van der Waals surface area (Å²) < 4.78 is 0. The minimum Gasteiger partial charge on any atom is -0.481 e. The van der Waals surface area contributed by atoms with Gasteiger partial charge in [0.2, 0.25) is 5.91 Å². The molecule has 0 spiro atoms. The number of amides is 1. The maximum absolute atomic E-state index is 12.5. The van der Waals surface area contributed by atoms with Gasteiger partial charge in [-0.05, 0) is 36.6 Å². The molecule has 23 heavy (non-hydrogen) atoms. The second-order valence-corrected chi connectivity index (χ2v) is 5.79. The molecule has 1 atom stereocenters. The third-order valence-corrected chi connectivity index (χ3v) is 4.05. The van der Waals surface area contributed by atoms with Crippen LogP contribution in [0, 0.1) is 12.8 Å². The monoisotopic (exact) mass is 331 g/mol. The largest absolute Gasteiger partial charge is 0.481 e. The summed E-state index contributed by atoms with van der Waals surface area (Å²) in [5.74, 6) is -1.96. The highest BCUT2D eigenvalue weighted by molar-refractivity contribution is 6.31. The number of halogens is 1. The standard InChI is InChI=1S/C18H18ClNO3/c1-12-15(19)8-5-9-16(12)20-18(23)14(11-17(21)22)10-13-6-3-2-4-7-13/h2-9,14H,10-11H2,1H3,(H,20,23)(H,21,22). The molecule has 0 aliphatic rings. The predicted molar refractivity (Wildman–Crippen MR) is 90.7 cm³/mol. The van der Waals surface area contributed by atoms with E-state index >= 15 is 0 Å². The summed E-state index contributed by atoms with van der Waals surface area (Å²) in [7, 11) is 0. The lowest BCUT2D eigenvalue weighted by Gasteiger charge is -2.16. The second-order valence-electron chi connectivity index (χ2n) is 5.39. The Balaban J connectivity index is 2.16. The third-order valence-electron chi connectivity index (χ3n) is 3.64. The van der Waals surface area contributed by atoms with Crippen LogP contribution in [0.15, 0.2) is 48.5 Å². The zero-order valence-electron chi connectivity index (χ0n) is 12.8. The lowest BCUT2D eigenvalue weighted by molar-refractivity contribution is -0.140. The Hall–Kier alpha value is -2.33. The Kier molecular flexibility index (Phi) is 5.77. The van der Waals surface area contributed by atoms with Crippen LogP contribution in [0.2, 0.25) is 5.02 Å². The van der Waals surface area contributed by atoms with Gasteiger partial charge in [-0.3, -0.25) is 9.59 Å². The van der Waals surface area contributed by atoms with E-state index < -0.39 is 11.9 Å². The van der Waals surface area contributed by atoms with Gasteiger partial charge in [0.1, 0.15) is 0 Å². The molecule has 5 heteroatoms. The molecule has 0 radical (unpaired) electrons. The zero-order chi connectivity index (χ0) is 16.8. The number of carbonyl (C=O) groups is 2. The lowest BCUT2D eigenvalue weighted by atomic mass is 9.95. The zero-order valence-corrected chi connectivity index (χ0v) is 13.5. The summed E-state index contributed by atoms with van der Waals surface area (Å²) >= 11 is 6.05. The molecule has 1 unspecified atom stereocenters. The smallest absolute Gasteiger partial charge is 0.304 e. The average Bonchev–Trinajstić information content (AvgIpc) is 2.52. The molecular formula is C18H18ClNO3. The first-order valence-corrected chi connectivity index (χ1v) is 7.67. The molecule has 2 N–H and O–H groups in total. The van der Waals surface area contributed by atoms with Crippen molar-refractivity contribution >= 4 is 29.2 Å². The van der Waals surface area contributed by atoms with Crippen LogP contribution in [-0.4, -0.2) is 17.0 Å². The van der Waals surface area contributed by atoms with Crippen molar-refractivity contribution in [3.63, 3.8) is 0 Å². The number of anilines is 1. The molecule has 0 aromatic heterocycles. The van der Waals surface area contributed by atoms with E-state index in [0.717, 1.165) is 11.1 Å². The van der Waals surface area contributed by atoms with Gasteiger partial charge in [-0.2, -0.15) is 0 Å². The van der Waals surface area contributed by atoms with Gasteiger partial charge >= 0.3 is 5.97 Å². The van der Waals surface area contributed by atoms with Crippen molar-refractivity contribution < 1.29 is 14.7 Å². The molecule has 2 aromatic rings. The minimum atomic E-state index is -0.996. The van der Waals surface area contributed by atoms with Gasteiger partial charge in [-0.25, -0.2) is 0 Å². The molecule has 0 heterocycles. The van der Waals surface area contributed by atoms with E-state index in [1.165, 1.54) is 0 Å². The number of hydrogen-bond donors (Lipinski definition) is 2. The van der Waals surface area contributed by atoms with Crippen molar-refractivity contribution in [3.05, 3.63) is 64.7 Å². The number of hydrogen-bond acceptors (Lipinski definition) is 2. The Morgan fingerprint density at radius 1 is 1.13 bits per heavy atom. The van der Waals surface area contributed by atoms with Crippen LogP contribution >= 0.6 is 11.6 Å². The van der Waals surface area contributed by atoms with Crippen LogP contribution in [0.3, 0.4) is 0 Å². The Morgan fingerprint density at radius 2 is 1.83 bits per heavy atom. The molecule has 0 fully saturated rings. The summed E-state index contributed by atoms with van der Waals surface area (Å²) in [6.45, 7) is 1.81. The Labute approximate surface area is 140 Å². The van der Waals surface area contributed by atoms with E-state index in [-0.39, 0.29) is 12.3 Å². The molecule has 2 rings (SSSR count). The normalized spacial score (nSPS) is 11.7. The first-order chi connectivity index (χ1) is 11.0. The van der Waals surface area contributed by atoms with Crippen molar-refractivity contribution in [1.82, 2.24) is 0 Å². The number of carboxylic acid groups (broad SMARTS) is 1. The van der Waals surface area contributed by atoms with E-state index in [2.05, 4.69) is 5.32 Å². The maximum atomic E-state index is 12.5. The van der Waals surface area contributed by atoms with Crippen molar-refractivity contribution in [2.45, 2.75) is 19.8 Å². The molecule has 2 aromatic carbocycles. The van der Waals surface area contributed by atoms with Crippen LogP contribution in [0.1, 0.15) is 17.5 Å². The molecule has 0 bridgehead atoms. The molecule has 1 amide bonds. The predicted octanol–water partition coefficient (Wildman–Crippen LogP) is 3.92. The average molecular weight is 332 g/mol. The topological polar surface area (TPSA) is 66.4 Å². The first-order valence-electron chi connectivity index (χ1n) is 7.29. The molecule has 0 aliphatic heterocycles. The van der Waals surface area contributed by atoms with Crippen LogP contribution < -0.4 is 5.32 Å². The summed E-state index contributed by atoms with van der Waals surface area (Å²) in [6, 6.07) is 14.6. The second kappa shape index (κ2) is 7.79. The van der Waals surface area contributed by atoms with Gasteiger partial charge in [-0.1, -0.05) is 48.0 Å². The van der Waals surface area contributed by atoms with E-state index in [9.17, 15) is 9.59 Å². The van der Waals surface area contributed by atoms with E-state index in [1.807, 2.05) is 30.3 Å². The number of carbonyl (C=O) groups excluding carboxylic acids is 1. The van der Waals surface area contributed by atoms with Crippen LogP contribution in [-0.2, 0) is 16.0 Å². The number of benzene rings is 2. The van der Waals surface area contributed by atoms with E-state index in [0.29, 0.717) is 17.1 Å². The van der Waals surface area contributed by atoms with Crippen LogP contribution in [0.25, 0.3) is 0 Å². The van der Waals surface area contributed by atoms with Gasteiger partial charge in [0, 0.05) is 10.7 Å². The van der Waals surface area contributed by atoms with Crippen molar-refractivity contribution in [1.29, 1.82) is 0 Å². The molecular weight excluding hydrogens is 314 g/mol. The Morgan fingerprint density at radius 3 is 2.48 bits per heavy atom. The fourth-order valence-corrected chi connectivity index (χ4v) is 2.52. The fraction of sp³-hybridized carbons (Fsp3) is 0.222. The van der Waals surface area contributed by atoms with Crippen molar-refractivity contribution in [2.75, 3.05) is 5.32 Å². The van der Waals surface area contributed by atoms with Gasteiger partial charge in [0.15, 0.2) is 0 Å². The highest BCUT2D eigenvalue weighted by Crippen LogP contribution is 2.24. The molecule has 120 valence electrons. The molecule has 0 saturated carbocycles. The first kappa shape index (κ1) is 17.0. The summed E-state index contributed by atoms with van der Waals surface area (Å²) in [5.41, 5.74) is 2.29. The Bertz CT molecular complexity index is 701. The van der Waals surface area contributed by atoms with Crippen LogP contribution in [0.4, 0.5) is 5.69 Å². The van der Waals surface area contributed by atoms with Crippen LogP contribution in [0.5, 0.6) is 0 Å². The van der Waals surface area contributed by atoms with Crippen molar-refractivity contribution in [2.24, 2.45) is 5.92 Å². The highest BCUT2D eigenvalue weighted by Gasteiger charge is 2.23. The minimum absolute atomic E-state index is 0.222. The van der Waals surface area contributed by atoms with Gasteiger partial charge < -0.3 is 10.4 Å². The number of carboxylic acids is 1. The SMILES string of the molecule is Cc1c(Cl)cccc1NC(=O)C(CC(=O)O)Cc1ccccc1. The van der Waals surface area contributed by atoms with Crippen molar-refractivity contribution in [3.8, 4) is 0 Å². The van der Waals surface area contributed by atoms with Gasteiger partial charge in [-0.15, -0.1) is 0 Å². The quantitative estimate of drug-likeness (QED) is 0.843. The highest BCUT2D eigenvalue weighted by atomic mass is 35.5.